The molecule has 0 radical (unpaired) electrons. The standard InChI is InChI=1S/C28H20F4N6O2S/c1-27(2)25(40)37(19-11-20(28(30,31)32)23(33-3)35-14-19)26(41)38(27)18-6-4-17(21(29)12-18)13-36-24(39)16-5-7-22-15(10-16)8-9-34-22/h4-12,14,34H,13H2,1-2H3,(H,36,39). The van der Waals surface area contributed by atoms with Crippen LogP contribution in [-0.4, -0.2) is 32.4 Å². The zero-order chi connectivity index (χ0) is 29.7. The summed E-state index contributed by atoms with van der Waals surface area (Å²) in [4.78, 5) is 37.6. The molecule has 3 heterocycles. The number of nitrogens with one attached hydrogen (secondary N) is 2. The molecule has 2 aromatic carbocycles. The van der Waals surface area contributed by atoms with Crippen LogP contribution in [0.15, 0.2) is 60.9 Å². The zero-order valence-electron chi connectivity index (χ0n) is 21.5. The molecule has 4 aromatic rings. The van der Waals surface area contributed by atoms with Crippen LogP contribution in [0.4, 0.5) is 34.8 Å². The van der Waals surface area contributed by atoms with Gasteiger partial charge in [0.2, 0.25) is 0 Å². The first-order valence-electron chi connectivity index (χ1n) is 12.1. The molecule has 0 aliphatic carbocycles. The smallest absolute Gasteiger partial charge is 0.361 e. The lowest BCUT2D eigenvalue weighted by molar-refractivity contribution is -0.137. The summed E-state index contributed by atoms with van der Waals surface area (Å²) >= 11 is 5.47. The molecule has 1 aliphatic rings. The first-order valence-corrected chi connectivity index (χ1v) is 12.5. The Kier molecular flexibility index (Phi) is 6.74. The fourth-order valence-corrected chi connectivity index (χ4v) is 5.14. The third kappa shape index (κ3) is 4.87. The number of rotatable bonds is 5. The number of pyridine rings is 1. The lowest BCUT2D eigenvalue weighted by Crippen LogP contribution is -2.44. The summed E-state index contributed by atoms with van der Waals surface area (Å²) < 4.78 is 55.8. The normalized spacial score (nSPS) is 15.0. The van der Waals surface area contributed by atoms with Crippen molar-refractivity contribution in [1.29, 1.82) is 0 Å². The Bertz CT molecular complexity index is 1780. The third-order valence-corrected chi connectivity index (χ3v) is 7.10. The molecular formula is C28H20F4N6O2S. The van der Waals surface area contributed by atoms with E-state index in [0.717, 1.165) is 28.1 Å². The summed E-state index contributed by atoms with van der Waals surface area (Å²) in [6.07, 6.45) is -2.16. The van der Waals surface area contributed by atoms with Crippen molar-refractivity contribution in [3.63, 3.8) is 0 Å². The molecule has 2 amide bonds. The van der Waals surface area contributed by atoms with Gasteiger partial charge in [0, 0.05) is 40.5 Å². The second-order valence-electron chi connectivity index (χ2n) is 9.73. The second-order valence-corrected chi connectivity index (χ2v) is 10.1. The molecule has 1 fully saturated rings. The minimum Gasteiger partial charge on any atom is -0.361 e. The van der Waals surface area contributed by atoms with E-state index in [2.05, 4.69) is 20.1 Å². The summed E-state index contributed by atoms with van der Waals surface area (Å²) in [5.41, 5.74) is -1.33. The SMILES string of the molecule is [C-]#[N+]c1ncc(N2C(=O)C(C)(C)N(c3ccc(CNC(=O)c4ccc5[nH]ccc5c4)c(F)c3)C2=S)cc1C(F)(F)F. The number of alkyl halides is 3. The summed E-state index contributed by atoms with van der Waals surface area (Å²) in [5.74, 6) is -2.60. The van der Waals surface area contributed by atoms with E-state index in [-0.39, 0.29) is 28.6 Å². The van der Waals surface area contributed by atoms with E-state index in [1.165, 1.54) is 30.9 Å². The molecule has 0 unspecified atom stereocenters. The second kappa shape index (κ2) is 9.97. The summed E-state index contributed by atoms with van der Waals surface area (Å²) in [5, 5.41) is 3.35. The number of benzene rings is 2. The number of anilines is 2. The Labute approximate surface area is 236 Å². The lowest BCUT2D eigenvalue weighted by Gasteiger charge is -2.29. The van der Waals surface area contributed by atoms with E-state index in [1.54, 1.807) is 24.4 Å². The van der Waals surface area contributed by atoms with Gasteiger partial charge in [-0.1, -0.05) is 12.6 Å². The number of carbonyl (C=O) groups is 2. The molecule has 1 saturated heterocycles. The first-order chi connectivity index (χ1) is 19.3. The molecule has 0 saturated carbocycles. The summed E-state index contributed by atoms with van der Waals surface area (Å²) in [7, 11) is 0. The summed E-state index contributed by atoms with van der Waals surface area (Å²) in [6.45, 7) is 9.86. The van der Waals surface area contributed by atoms with Gasteiger partial charge in [-0.25, -0.2) is 4.39 Å². The van der Waals surface area contributed by atoms with E-state index in [4.69, 9.17) is 18.8 Å². The van der Waals surface area contributed by atoms with E-state index in [9.17, 15) is 22.8 Å². The molecule has 0 atom stereocenters. The Morgan fingerprint density at radius 2 is 1.90 bits per heavy atom. The molecule has 5 rings (SSSR count). The fraction of sp³-hybridized carbons (Fsp3) is 0.179. The van der Waals surface area contributed by atoms with Crippen LogP contribution in [0, 0.1) is 12.4 Å². The van der Waals surface area contributed by atoms with Gasteiger partial charge in [-0.2, -0.15) is 13.2 Å². The van der Waals surface area contributed by atoms with E-state index in [0.29, 0.717) is 11.6 Å². The highest BCUT2D eigenvalue weighted by Gasteiger charge is 2.51. The fourth-order valence-electron chi connectivity index (χ4n) is 4.61. The Morgan fingerprint density at radius 1 is 1.15 bits per heavy atom. The van der Waals surface area contributed by atoms with Gasteiger partial charge in [0.05, 0.1) is 11.3 Å². The molecule has 0 spiro atoms. The van der Waals surface area contributed by atoms with Crippen molar-refractivity contribution in [2.45, 2.75) is 32.1 Å². The number of thiocarbonyl (C=S) groups is 1. The number of aromatic amines is 1. The van der Waals surface area contributed by atoms with Crippen LogP contribution in [0.25, 0.3) is 15.7 Å². The van der Waals surface area contributed by atoms with Crippen molar-refractivity contribution in [1.82, 2.24) is 15.3 Å². The molecule has 8 nitrogen and oxygen atoms in total. The van der Waals surface area contributed by atoms with Gasteiger partial charge in [0.15, 0.2) is 5.11 Å². The van der Waals surface area contributed by atoms with Crippen molar-refractivity contribution in [3.05, 3.63) is 94.8 Å². The van der Waals surface area contributed by atoms with Crippen molar-refractivity contribution in [2.24, 2.45) is 0 Å². The van der Waals surface area contributed by atoms with Crippen molar-refractivity contribution in [3.8, 4) is 0 Å². The van der Waals surface area contributed by atoms with Gasteiger partial charge in [-0.3, -0.25) is 14.5 Å². The number of H-pyrrole nitrogens is 1. The number of fused-ring (bicyclic) bond motifs is 1. The third-order valence-electron chi connectivity index (χ3n) is 6.74. The molecule has 2 aromatic heterocycles. The Hall–Kier alpha value is -4.83. The van der Waals surface area contributed by atoms with Crippen LogP contribution in [0.5, 0.6) is 0 Å². The topological polar surface area (TPSA) is 85.7 Å². The molecule has 1 aliphatic heterocycles. The summed E-state index contributed by atoms with van der Waals surface area (Å²) in [6, 6.07) is 11.7. The zero-order valence-corrected chi connectivity index (χ0v) is 22.3. The number of amides is 2. The average molecular weight is 581 g/mol. The molecule has 0 bridgehead atoms. The van der Waals surface area contributed by atoms with Gasteiger partial charge in [-0.15, -0.1) is 4.98 Å². The highest BCUT2D eigenvalue weighted by Crippen LogP contribution is 2.41. The quantitative estimate of drug-likeness (QED) is 0.169. The van der Waals surface area contributed by atoms with Crippen molar-refractivity contribution >= 4 is 57.2 Å². The van der Waals surface area contributed by atoms with Gasteiger partial charge in [0.1, 0.15) is 17.6 Å². The number of nitrogens with zero attached hydrogens (tertiary/aromatic N) is 4. The van der Waals surface area contributed by atoms with Crippen LogP contribution in [0.2, 0.25) is 0 Å². The predicted octanol–water partition coefficient (Wildman–Crippen LogP) is 6.12. The molecular weight excluding hydrogens is 560 g/mol. The lowest BCUT2D eigenvalue weighted by atomic mass is 10.0. The largest absolute Gasteiger partial charge is 0.409 e. The maximum Gasteiger partial charge on any atom is 0.409 e. The van der Waals surface area contributed by atoms with Gasteiger partial charge in [0.25, 0.3) is 17.6 Å². The van der Waals surface area contributed by atoms with Gasteiger partial charge < -0.3 is 20.0 Å². The maximum absolute atomic E-state index is 15.2. The van der Waals surface area contributed by atoms with Crippen LogP contribution < -0.4 is 15.1 Å². The Balaban J connectivity index is 1.38. The van der Waals surface area contributed by atoms with Crippen LogP contribution in [-0.2, 0) is 17.5 Å². The number of hydrogen-bond donors (Lipinski definition) is 2. The Morgan fingerprint density at radius 3 is 2.59 bits per heavy atom. The average Bonchev–Trinajstić information content (AvgIpc) is 3.46. The number of aromatic nitrogens is 2. The van der Waals surface area contributed by atoms with Crippen molar-refractivity contribution < 1.29 is 27.2 Å². The van der Waals surface area contributed by atoms with Crippen LogP contribution >= 0.6 is 12.2 Å². The number of carbonyl (C=O) groups excluding carboxylic acids is 2. The van der Waals surface area contributed by atoms with Crippen LogP contribution in [0.1, 0.15) is 35.3 Å². The molecule has 2 N–H and O–H groups in total. The number of hydrogen-bond acceptors (Lipinski definition) is 4. The van der Waals surface area contributed by atoms with Gasteiger partial charge >= 0.3 is 6.18 Å². The van der Waals surface area contributed by atoms with E-state index < -0.39 is 40.7 Å². The van der Waals surface area contributed by atoms with Crippen LogP contribution in [0.3, 0.4) is 0 Å². The first kappa shape index (κ1) is 27.7. The maximum atomic E-state index is 15.2. The number of halogens is 4. The molecule has 13 heteroatoms. The highest BCUT2D eigenvalue weighted by atomic mass is 32.1. The predicted molar refractivity (Wildman–Crippen MR) is 148 cm³/mol. The highest BCUT2D eigenvalue weighted by molar-refractivity contribution is 7.81. The van der Waals surface area contributed by atoms with Gasteiger partial charge in [-0.05, 0) is 68.5 Å². The molecule has 208 valence electrons. The monoisotopic (exact) mass is 580 g/mol. The van der Waals surface area contributed by atoms with E-state index >= 15 is 4.39 Å². The molecule has 41 heavy (non-hydrogen) atoms. The van der Waals surface area contributed by atoms with Crippen molar-refractivity contribution in [2.75, 3.05) is 9.80 Å². The minimum atomic E-state index is -4.88. The minimum absolute atomic E-state index is 0.117. The van der Waals surface area contributed by atoms with E-state index in [1.807, 2.05) is 6.07 Å².